The second-order valence-electron chi connectivity index (χ2n) is 30.5. The second-order valence-corrected chi connectivity index (χ2v) is 32.7. The van der Waals surface area contributed by atoms with E-state index in [1.165, 1.54) is 42.6 Å². The van der Waals surface area contributed by atoms with E-state index in [2.05, 4.69) is 66.3 Å². The minimum atomic E-state index is -1.12. The fourth-order valence-electron chi connectivity index (χ4n) is 16.6. The smallest absolute Gasteiger partial charge is 0.165 e. The Kier molecular flexibility index (Phi) is 21.2. The number of ether oxygens (including phenoxy) is 4. The van der Waals surface area contributed by atoms with Gasteiger partial charge in [0.2, 0.25) is 0 Å². The predicted octanol–water partition coefficient (Wildman–Crippen LogP) is 17.2. The highest BCUT2D eigenvalue weighted by atomic mass is 79.9. The zero-order chi connectivity index (χ0) is 78.2. The lowest BCUT2D eigenvalue weighted by Crippen LogP contribution is -2.35. The first-order valence-corrected chi connectivity index (χ1v) is 37.0. The van der Waals surface area contributed by atoms with Crippen LogP contribution in [0.1, 0.15) is 117 Å². The molecule has 17 rings (SSSR count). The van der Waals surface area contributed by atoms with Crippen LogP contribution < -0.4 is 34.4 Å². The Morgan fingerprint density at radius 1 is 0.482 bits per heavy atom. The number of aliphatic hydroxyl groups is 2. The van der Waals surface area contributed by atoms with E-state index in [1.54, 1.807) is 41.1 Å². The van der Waals surface area contributed by atoms with Gasteiger partial charge in [-0.2, -0.15) is 0 Å². The maximum absolute atomic E-state index is 14.9. The van der Waals surface area contributed by atoms with Crippen LogP contribution in [0.4, 0.5) is 61.2 Å². The number of nitrogens with zero attached hydrogens (tertiary/aromatic N) is 9. The van der Waals surface area contributed by atoms with Crippen molar-refractivity contribution in [2.75, 3.05) is 34.4 Å². The van der Waals surface area contributed by atoms with Gasteiger partial charge in [0, 0.05) is 60.8 Å². The zero-order valence-corrected chi connectivity index (χ0v) is 64.0. The highest BCUT2D eigenvalue weighted by Crippen LogP contribution is 2.58. The molecule has 21 nitrogen and oxygen atoms in total. The zero-order valence-electron chi connectivity index (χ0n) is 60.1. The summed E-state index contributed by atoms with van der Waals surface area (Å²) in [7, 11) is 0. The van der Waals surface area contributed by atoms with Crippen LogP contribution in [0.5, 0.6) is 0 Å². The molecule has 0 unspecified atom stereocenters. The molecule has 0 spiro atoms. The maximum Gasteiger partial charge on any atom is 0.165 e. The Labute approximate surface area is 652 Å². The lowest BCUT2D eigenvalue weighted by molar-refractivity contribution is -0.168. The number of halogens is 10. The van der Waals surface area contributed by atoms with Gasteiger partial charge in [-0.15, -0.1) is 6.58 Å². The van der Waals surface area contributed by atoms with E-state index in [4.69, 9.17) is 88.2 Å². The van der Waals surface area contributed by atoms with Gasteiger partial charge in [-0.25, -0.2) is 56.2 Å². The van der Waals surface area contributed by atoms with E-state index in [1.807, 2.05) is 68.3 Å². The van der Waals surface area contributed by atoms with Crippen LogP contribution in [0, 0.1) is 51.1 Å². The minimum Gasteiger partial charge on any atom is -0.390 e. The molecule has 0 bridgehead atoms. The average Bonchev–Trinajstić information content (AvgIpc) is 1.57. The first-order valence-electron chi connectivity index (χ1n) is 35.1. The third kappa shape index (κ3) is 14.5. The predicted molar refractivity (Wildman–Crippen MR) is 422 cm³/mol. The van der Waals surface area contributed by atoms with Crippen molar-refractivity contribution in [2.24, 2.45) is 16.2 Å². The molecule has 31 heteroatoms. The molecule has 12 aromatic rings. The Morgan fingerprint density at radius 2 is 0.845 bits per heavy atom. The number of hydrogen-bond donors (Lipinski definition) is 8. The molecule has 11 heterocycles. The molecule has 3 aromatic carbocycles. The van der Waals surface area contributed by atoms with Crippen LogP contribution in [0.25, 0.3) is 65.4 Å². The van der Waals surface area contributed by atoms with Gasteiger partial charge in [0.1, 0.15) is 70.7 Å². The van der Waals surface area contributed by atoms with Gasteiger partial charge in [0.25, 0.3) is 0 Å². The first kappa shape index (κ1) is 79.3. The van der Waals surface area contributed by atoms with Crippen molar-refractivity contribution in [3.05, 3.63) is 188 Å². The number of anilines is 6. The third-order valence-corrected chi connectivity index (χ3v) is 23.5. The summed E-state index contributed by atoms with van der Waals surface area (Å²) in [5, 5.41) is 25.1. The monoisotopic (exact) mass is 1640 g/mol. The van der Waals surface area contributed by atoms with Gasteiger partial charge >= 0.3 is 0 Å². The van der Waals surface area contributed by atoms with E-state index in [0.717, 1.165) is 24.4 Å². The first-order chi connectivity index (χ1) is 51.4. The Hall–Kier alpha value is -8.81. The summed E-state index contributed by atoms with van der Waals surface area (Å²) in [6.07, 6.45) is 11.7. The highest BCUT2D eigenvalue weighted by molar-refractivity contribution is 9.10. The summed E-state index contributed by atoms with van der Waals surface area (Å²) >= 11 is 20.9. The summed E-state index contributed by atoms with van der Waals surface area (Å²) in [4.78, 5) is 24.1. The number of nitrogen functional groups attached to an aromatic ring is 6. The molecule has 14 N–H and O–H groups in total. The van der Waals surface area contributed by atoms with Crippen LogP contribution in [0.2, 0.25) is 15.1 Å². The quantitative estimate of drug-likeness (QED) is 0.0466. The van der Waals surface area contributed by atoms with E-state index in [-0.39, 0.29) is 121 Å². The van der Waals surface area contributed by atoms with E-state index in [0.29, 0.717) is 109 Å². The molecular formula is C79H83BrCl3F6N15O6. The molecule has 5 fully saturated rings. The summed E-state index contributed by atoms with van der Waals surface area (Å²) < 4.78 is 118. The molecule has 0 amide bonds. The van der Waals surface area contributed by atoms with Gasteiger partial charge in [0.15, 0.2) is 29.0 Å². The summed E-state index contributed by atoms with van der Waals surface area (Å²) in [5.74, 6) is -2.75. The molecule has 110 heavy (non-hydrogen) atoms. The topological polar surface area (TPSA) is 326 Å². The summed E-state index contributed by atoms with van der Waals surface area (Å²) in [5.41, 5.74) is 37.6. The molecule has 2 aliphatic heterocycles. The molecule has 580 valence electrons. The average molecular weight is 1640 g/mol. The number of nitrogens with two attached hydrogens (primary N) is 6. The minimum absolute atomic E-state index is 0. The fourth-order valence-corrected chi connectivity index (χ4v) is 17.5. The van der Waals surface area contributed by atoms with E-state index >= 15 is 0 Å². The van der Waals surface area contributed by atoms with Crippen molar-refractivity contribution >= 4 is 151 Å². The van der Waals surface area contributed by atoms with Gasteiger partial charge in [-0.1, -0.05) is 85.0 Å². The number of rotatable bonds is 10. The van der Waals surface area contributed by atoms with Crippen molar-refractivity contribution < 1.29 is 55.5 Å². The maximum atomic E-state index is 14.9. The number of benzene rings is 3. The van der Waals surface area contributed by atoms with Gasteiger partial charge in [-0.05, 0) is 167 Å². The fraction of sp³-hybridized carbons (Fsp3) is 0.367. The van der Waals surface area contributed by atoms with Crippen LogP contribution in [-0.4, -0.2) is 102 Å². The molecule has 5 aliphatic rings. The molecule has 12 atom stereocenters. The molecule has 3 saturated carbocycles. The Morgan fingerprint density at radius 3 is 1.27 bits per heavy atom. The van der Waals surface area contributed by atoms with Gasteiger partial charge < -0.3 is 77.3 Å². The van der Waals surface area contributed by atoms with Crippen molar-refractivity contribution in [3.8, 4) is 0 Å². The molecule has 2 saturated heterocycles. The van der Waals surface area contributed by atoms with Crippen LogP contribution in [-0.2, 0) is 31.8 Å². The lowest BCUT2D eigenvalue weighted by Gasteiger charge is -2.32. The van der Waals surface area contributed by atoms with E-state index < -0.39 is 58.5 Å². The molecular weight excluding hydrogens is 1560 g/mol. The largest absolute Gasteiger partial charge is 0.390 e. The Bertz CT molecular complexity index is 5640. The molecule has 3 aliphatic carbocycles. The summed E-state index contributed by atoms with van der Waals surface area (Å²) in [6.45, 7) is 17.7. The van der Waals surface area contributed by atoms with Crippen LogP contribution >= 0.6 is 50.7 Å². The number of aromatic nitrogens is 9. The van der Waals surface area contributed by atoms with Crippen LogP contribution in [0.15, 0.2) is 127 Å². The van der Waals surface area contributed by atoms with E-state index in [9.17, 15) is 36.6 Å². The number of aliphatic hydroxyl groups excluding tert-OH is 2. The molecule has 0 radical (unpaired) electrons. The number of hydrogen-bond acceptors (Lipinski definition) is 18. The van der Waals surface area contributed by atoms with Crippen molar-refractivity contribution in [1.29, 1.82) is 0 Å². The normalized spacial score (nSPS) is 25.6. The SMILES string of the molecule is C.C=C[C@@]1(C)C[C@@H](n2ccc3c(N)ncc(F)c32)[C@@H]2OC(C)(C)O[C@@H]21.CC1(C)O[C@H]2[C@H](n3ccc4c(N)ncc(F)c43)C[C@](C)(CCc3cc(F)c4cc(Cl)c(N)nc4c3)[C@H]2O1.C[C@]1(CCc2cc(F)c3cc(Cl)c(N)nc3c2)C[C@@H](n2ccc3c(N)ncc(F)c32)[C@H](O)[C@@H]1O.Nc1nc2cc(Br)cc(F)c2cc1Cl. The van der Waals surface area contributed by atoms with Gasteiger partial charge in [-0.3, -0.25) is 0 Å². The summed E-state index contributed by atoms with van der Waals surface area (Å²) in [6, 6.07) is 18.4. The van der Waals surface area contributed by atoms with Crippen molar-refractivity contribution in [2.45, 2.75) is 167 Å². The van der Waals surface area contributed by atoms with Crippen LogP contribution in [0.3, 0.4) is 0 Å². The number of pyridine rings is 6. The third-order valence-electron chi connectivity index (χ3n) is 22.2. The molecule has 9 aromatic heterocycles. The standard InChI is InChI=1S/C27H28ClF2N5O2.C24H24ClF2N5O2.C18H22FN3O2.C9H5BrClFN2.CH4/c1-26(2)36-22-20(35-7-5-14-21(35)18(30)12-33-24(14)31)11-27(3,23(22)37-26)6-4-13-8-17(29)15-10-16(28)25(32)34-19(15)9-13;1-24(4-2-11-6-15(26)13-8-14(25)23(29)31-17(13)7-11)9-18(20(33)21(24)34)32-5-3-12-19(32)16(27)10-30-22(12)28;1-5-18(4)8-12(14-15(18)24-17(2,3)23-14)22-7-6-10-13(22)11(19)9-21-16(10)20;10-4-1-7(12)5-3-6(11)9(13)14-8(5)2-4;/h5,7-10,12,20,22-23H,4,6,11H2,1-3H3,(H2,31,33)(H2,32,34);3,5-8,10,18,20-21,33-34H,2,4,9H2,1H3,(H2,28,30)(H2,29,31);5-7,9,12,14-15H,1,8H2,2-4H3,(H2,20,21);1-3H,(H2,13,14);1H4/t20-,22+,23+,27+;18-,20+,21+,24+;12-,14+,15+,18+;;/m111../s1. The van der Waals surface area contributed by atoms with Crippen molar-refractivity contribution in [3.63, 3.8) is 0 Å². The number of fused-ring (bicyclic) bond motifs is 8. The van der Waals surface area contributed by atoms with Crippen molar-refractivity contribution in [1.82, 2.24) is 43.6 Å². The highest BCUT2D eigenvalue weighted by Gasteiger charge is 2.61. The lowest BCUT2D eigenvalue weighted by atomic mass is 9.80. The Balaban J connectivity index is 0.000000135. The second kappa shape index (κ2) is 29.4. The van der Waals surface area contributed by atoms with Gasteiger partial charge in [0.05, 0.1) is 103 Å². The number of aryl methyl sites for hydroxylation is 2.